The minimum absolute atomic E-state index is 0.0807. The Morgan fingerprint density at radius 3 is 2.07 bits per heavy atom. The van der Waals surface area contributed by atoms with E-state index in [2.05, 4.69) is 4.99 Å². The SMILES string of the molecule is CC(=Nc1ccc(Cl)cc1)N(c1ccc([N+](=O)[O-])cc1)S(=O)(=O)c1ccc(C)cc1. The average Bonchev–Trinajstić information content (AvgIpc) is 2.70. The summed E-state index contributed by atoms with van der Waals surface area (Å²) < 4.78 is 27.9. The molecule has 0 N–H and O–H groups in total. The molecule has 0 radical (unpaired) electrons. The van der Waals surface area contributed by atoms with E-state index in [1.54, 1.807) is 43.3 Å². The molecule has 0 bridgehead atoms. The fourth-order valence-corrected chi connectivity index (χ4v) is 4.38. The standard InChI is InChI=1S/C21H18ClN3O4S/c1-15-3-13-21(14-4-15)30(28,29)24(19-9-11-20(12-10-19)25(26)27)16(2)23-18-7-5-17(22)6-8-18/h3-14H,1-2H3. The molecule has 0 aliphatic heterocycles. The summed E-state index contributed by atoms with van der Waals surface area (Å²) in [7, 11) is -4.02. The van der Waals surface area contributed by atoms with Crippen LogP contribution in [0.25, 0.3) is 0 Å². The largest absolute Gasteiger partial charge is 0.269 e. The van der Waals surface area contributed by atoms with Crippen LogP contribution in [0.15, 0.2) is 82.7 Å². The number of hydrogen-bond acceptors (Lipinski definition) is 5. The van der Waals surface area contributed by atoms with Gasteiger partial charge in [-0.2, -0.15) is 0 Å². The van der Waals surface area contributed by atoms with Crippen LogP contribution in [0.4, 0.5) is 17.1 Å². The normalized spacial score (nSPS) is 11.9. The zero-order chi connectivity index (χ0) is 21.9. The first-order valence-corrected chi connectivity index (χ1v) is 10.7. The van der Waals surface area contributed by atoms with Crippen molar-refractivity contribution in [2.24, 2.45) is 4.99 Å². The fourth-order valence-electron chi connectivity index (χ4n) is 2.77. The second-order valence-electron chi connectivity index (χ2n) is 6.49. The summed E-state index contributed by atoms with van der Waals surface area (Å²) in [4.78, 5) is 14.9. The minimum atomic E-state index is -4.02. The number of sulfonamides is 1. The van der Waals surface area contributed by atoms with Crippen molar-refractivity contribution in [3.05, 3.63) is 93.5 Å². The molecule has 9 heteroatoms. The summed E-state index contributed by atoms with van der Waals surface area (Å²) in [6.45, 7) is 3.42. The van der Waals surface area contributed by atoms with E-state index in [9.17, 15) is 18.5 Å². The first-order valence-electron chi connectivity index (χ1n) is 8.86. The Balaban J connectivity index is 2.13. The number of nitrogens with zero attached hydrogens (tertiary/aromatic N) is 3. The van der Waals surface area contributed by atoms with Crippen molar-refractivity contribution >= 4 is 44.5 Å². The number of benzene rings is 3. The van der Waals surface area contributed by atoms with E-state index >= 15 is 0 Å². The van der Waals surface area contributed by atoms with Crippen LogP contribution >= 0.6 is 11.6 Å². The van der Waals surface area contributed by atoms with E-state index < -0.39 is 14.9 Å². The Morgan fingerprint density at radius 2 is 1.53 bits per heavy atom. The second-order valence-corrected chi connectivity index (χ2v) is 8.71. The molecule has 3 aromatic carbocycles. The highest BCUT2D eigenvalue weighted by Crippen LogP contribution is 2.28. The van der Waals surface area contributed by atoms with Gasteiger partial charge in [0.05, 0.1) is 21.2 Å². The van der Waals surface area contributed by atoms with E-state index in [4.69, 9.17) is 11.6 Å². The van der Waals surface area contributed by atoms with Crippen LogP contribution in [0.1, 0.15) is 12.5 Å². The zero-order valence-corrected chi connectivity index (χ0v) is 17.8. The molecular formula is C21H18ClN3O4S. The molecule has 0 aliphatic carbocycles. The van der Waals surface area contributed by atoms with Gasteiger partial charge in [-0.25, -0.2) is 17.7 Å². The number of hydrogen-bond donors (Lipinski definition) is 0. The number of amidine groups is 1. The van der Waals surface area contributed by atoms with Crippen molar-refractivity contribution in [1.29, 1.82) is 0 Å². The minimum Gasteiger partial charge on any atom is -0.258 e. The highest BCUT2D eigenvalue weighted by atomic mass is 35.5. The van der Waals surface area contributed by atoms with Gasteiger partial charge in [0.2, 0.25) is 0 Å². The van der Waals surface area contributed by atoms with Crippen LogP contribution in [-0.2, 0) is 10.0 Å². The van der Waals surface area contributed by atoms with Gasteiger partial charge in [0.1, 0.15) is 5.84 Å². The fraction of sp³-hybridized carbons (Fsp3) is 0.0952. The number of anilines is 1. The van der Waals surface area contributed by atoms with Gasteiger partial charge in [-0.05, 0) is 62.4 Å². The molecule has 30 heavy (non-hydrogen) atoms. The van der Waals surface area contributed by atoms with Crippen molar-refractivity contribution in [1.82, 2.24) is 0 Å². The number of aryl methyl sites for hydroxylation is 1. The van der Waals surface area contributed by atoms with Crippen LogP contribution in [0.2, 0.25) is 5.02 Å². The molecule has 0 saturated heterocycles. The molecule has 0 heterocycles. The predicted octanol–water partition coefficient (Wildman–Crippen LogP) is 5.50. The first-order chi connectivity index (χ1) is 14.2. The van der Waals surface area contributed by atoms with Crippen LogP contribution < -0.4 is 4.31 Å². The molecule has 0 amide bonds. The monoisotopic (exact) mass is 443 g/mol. The number of nitro groups is 1. The maximum Gasteiger partial charge on any atom is 0.269 e. The van der Waals surface area contributed by atoms with E-state index in [1.807, 2.05) is 6.92 Å². The number of rotatable bonds is 5. The third kappa shape index (κ3) is 4.67. The summed E-state index contributed by atoms with van der Waals surface area (Å²) in [6.07, 6.45) is 0. The molecule has 0 atom stereocenters. The van der Waals surface area contributed by atoms with Gasteiger partial charge in [-0.15, -0.1) is 0 Å². The maximum absolute atomic E-state index is 13.4. The summed E-state index contributed by atoms with van der Waals surface area (Å²) in [5, 5.41) is 11.5. The van der Waals surface area contributed by atoms with Crippen LogP contribution in [0, 0.1) is 17.0 Å². The number of nitro benzene ring substituents is 1. The Kier molecular flexibility index (Phi) is 6.19. The van der Waals surface area contributed by atoms with E-state index in [1.165, 1.54) is 36.4 Å². The predicted molar refractivity (Wildman–Crippen MR) is 118 cm³/mol. The molecule has 0 unspecified atom stereocenters. The third-order valence-corrected chi connectivity index (χ3v) is 6.34. The number of halogens is 1. The molecule has 0 aliphatic rings. The summed E-state index contributed by atoms with van der Waals surface area (Å²) >= 11 is 5.90. The lowest BCUT2D eigenvalue weighted by molar-refractivity contribution is -0.384. The molecular weight excluding hydrogens is 426 g/mol. The lowest BCUT2D eigenvalue weighted by Gasteiger charge is -2.24. The Hall–Kier alpha value is -3.23. The van der Waals surface area contributed by atoms with Crippen molar-refractivity contribution < 1.29 is 13.3 Å². The lowest BCUT2D eigenvalue weighted by Crippen LogP contribution is -2.35. The van der Waals surface area contributed by atoms with E-state index in [0.717, 1.165) is 9.87 Å². The molecule has 7 nitrogen and oxygen atoms in total. The quantitative estimate of drug-likeness (QED) is 0.225. The van der Waals surface area contributed by atoms with E-state index in [-0.39, 0.29) is 22.1 Å². The highest BCUT2D eigenvalue weighted by Gasteiger charge is 2.28. The zero-order valence-electron chi connectivity index (χ0n) is 16.2. The smallest absolute Gasteiger partial charge is 0.258 e. The summed E-state index contributed by atoms with van der Waals surface area (Å²) in [5.41, 5.74) is 1.53. The van der Waals surface area contributed by atoms with Gasteiger partial charge >= 0.3 is 0 Å². The van der Waals surface area contributed by atoms with Gasteiger partial charge in [0, 0.05) is 17.2 Å². The molecule has 3 aromatic rings. The summed E-state index contributed by atoms with van der Waals surface area (Å²) in [6, 6.07) is 18.3. The molecule has 0 saturated carbocycles. The summed E-state index contributed by atoms with van der Waals surface area (Å²) in [5.74, 6) is 0.173. The molecule has 154 valence electrons. The maximum atomic E-state index is 13.4. The molecule has 3 rings (SSSR count). The average molecular weight is 444 g/mol. The van der Waals surface area contributed by atoms with Crippen LogP contribution in [-0.4, -0.2) is 19.2 Å². The van der Waals surface area contributed by atoms with Gasteiger partial charge < -0.3 is 0 Å². The topological polar surface area (TPSA) is 92.9 Å². The Bertz CT molecular complexity index is 1190. The third-order valence-electron chi connectivity index (χ3n) is 4.27. The van der Waals surface area contributed by atoms with Gasteiger partial charge in [0.15, 0.2) is 0 Å². The van der Waals surface area contributed by atoms with Crippen molar-refractivity contribution in [2.45, 2.75) is 18.7 Å². The Labute approximate surface area is 179 Å². The van der Waals surface area contributed by atoms with Gasteiger partial charge in [0.25, 0.3) is 15.7 Å². The Morgan fingerprint density at radius 1 is 0.967 bits per heavy atom. The lowest BCUT2D eigenvalue weighted by atomic mass is 10.2. The number of aliphatic imine (C=N–C) groups is 1. The molecule has 0 spiro atoms. The van der Waals surface area contributed by atoms with Crippen molar-refractivity contribution in [3.63, 3.8) is 0 Å². The van der Waals surface area contributed by atoms with E-state index in [0.29, 0.717) is 10.7 Å². The van der Waals surface area contributed by atoms with Crippen molar-refractivity contribution in [2.75, 3.05) is 4.31 Å². The first kappa shape index (κ1) is 21.5. The second kappa shape index (κ2) is 8.64. The van der Waals surface area contributed by atoms with Crippen LogP contribution in [0.3, 0.4) is 0 Å². The van der Waals surface area contributed by atoms with Crippen molar-refractivity contribution in [3.8, 4) is 0 Å². The van der Waals surface area contributed by atoms with Crippen LogP contribution in [0.5, 0.6) is 0 Å². The molecule has 0 aromatic heterocycles. The van der Waals surface area contributed by atoms with Gasteiger partial charge in [-0.1, -0.05) is 29.3 Å². The highest BCUT2D eigenvalue weighted by molar-refractivity contribution is 7.93. The van der Waals surface area contributed by atoms with Gasteiger partial charge in [-0.3, -0.25) is 10.1 Å². The number of non-ortho nitro benzene ring substituents is 1. The molecule has 0 fully saturated rings.